The Labute approximate surface area is 470 Å². The Bertz CT molecular complexity index is 3080. The van der Waals surface area contributed by atoms with E-state index >= 15 is 4.39 Å². The lowest BCUT2D eigenvalue weighted by Gasteiger charge is -2.59. The number of allylic oxidation sites excluding steroid dienone is 4. The predicted octanol–water partition coefficient (Wildman–Crippen LogP) is 7.42. The van der Waals surface area contributed by atoms with Crippen LogP contribution in [0.1, 0.15) is 128 Å². The van der Waals surface area contributed by atoms with Gasteiger partial charge in [-0.1, -0.05) is 74.0 Å². The van der Waals surface area contributed by atoms with E-state index in [-0.39, 0.29) is 84.2 Å². The summed E-state index contributed by atoms with van der Waals surface area (Å²) in [6.07, 6.45) is 4.92. The third kappa shape index (κ3) is 10.6. The molecule has 8 aliphatic rings. The smallest absolute Gasteiger partial charge is 0.488 e. The Morgan fingerprint density at radius 2 is 1.65 bits per heavy atom. The first-order valence-electron chi connectivity index (χ1n) is 28.1. The largest absolute Gasteiger partial charge is 0.566 e. The second-order valence-corrected chi connectivity index (χ2v) is 25.8. The fourth-order valence-electron chi connectivity index (χ4n) is 15.6. The Balaban J connectivity index is 0.679. The second-order valence-electron chi connectivity index (χ2n) is 25.0. The van der Waals surface area contributed by atoms with Crippen LogP contribution in [0.2, 0.25) is 0 Å². The van der Waals surface area contributed by atoms with Crippen LogP contribution in [-0.4, -0.2) is 102 Å². The number of hydrogen-bond acceptors (Lipinski definition) is 15. The molecule has 430 valence electrons. The van der Waals surface area contributed by atoms with Crippen LogP contribution in [0.15, 0.2) is 90.5 Å². The van der Waals surface area contributed by atoms with Gasteiger partial charge in [-0.05, 0) is 147 Å². The van der Waals surface area contributed by atoms with Gasteiger partial charge in [0.25, 0.3) is 0 Å². The molecule has 20 heteroatoms. The van der Waals surface area contributed by atoms with Gasteiger partial charge in [-0.25, -0.2) is 9.18 Å². The van der Waals surface area contributed by atoms with E-state index in [9.17, 15) is 43.3 Å². The first-order valence-corrected chi connectivity index (χ1v) is 29.2. The first kappa shape index (κ1) is 56.6. The van der Waals surface area contributed by atoms with Gasteiger partial charge in [0.15, 0.2) is 30.1 Å². The van der Waals surface area contributed by atoms with E-state index in [0.717, 1.165) is 27.8 Å². The van der Waals surface area contributed by atoms with Crippen molar-refractivity contribution in [3.63, 3.8) is 0 Å². The van der Waals surface area contributed by atoms with Crippen molar-refractivity contribution >= 4 is 43.7 Å². The first-order chi connectivity index (χ1) is 38.5. The molecule has 18 nitrogen and oxygen atoms in total. The summed E-state index contributed by atoms with van der Waals surface area (Å²) in [5.74, 6) is -3.62. The maximum absolute atomic E-state index is 16.3. The fraction of sp³-hybridized carbons (Fsp3) is 0.541. The molecule has 11 atom stereocenters. The van der Waals surface area contributed by atoms with Crippen LogP contribution in [0.4, 0.5) is 9.18 Å². The van der Waals surface area contributed by atoms with Gasteiger partial charge in [-0.2, -0.15) is 0 Å². The number of hydrogen-bond donors (Lipinski definition) is 4. The normalized spacial score (nSPS) is 32.7. The van der Waals surface area contributed by atoms with Crippen LogP contribution in [-0.2, 0) is 52.0 Å². The number of benzene rings is 3. The Kier molecular flexibility index (Phi) is 15.0. The van der Waals surface area contributed by atoms with E-state index in [4.69, 9.17) is 28.2 Å². The van der Waals surface area contributed by atoms with Crippen LogP contribution >= 0.6 is 8.25 Å². The van der Waals surface area contributed by atoms with Gasteiger partial charge in [0.05, 0.1) is 18.3 Å². The average Bonchev–Trinajstić information content (AvgIpc) is 1.71. The zero-order chi connectivity index (χ0) is 57.4. The molecule has 5 saturated carbocycles. The van der Waals surface area contributed by atoms with Crippen molar-refractivity contribution < 1.29 is 75.9 Å². The highest BCUT2D eigenvalue weighted by atomic mass is 31.1. The molecule has 1 heterocycles. The van der Waals surface area contributed by atoms with E-state index < -0.39 is 103 Å². The minimum absolute atomic E-state index is 0.0150. The zero-order valence-corrected chi connectivity index (χ0v) is 46.9. The Morgan fingerprint density at radius 1 is 0.951 bits per heavy atom. The topological polar surface area (TPSA) is 254 Å². The summed E-state index contributed by atoms with van der Waals surface area (Å²) >= 11 is 0. The molecule has 3 aromatic rings. The van der Waals surface area contributed by atoms with E-state index in [1.165, 1.54) is 12.1 Å². The summed E-state index contributed by atoms with van der Waals surface area (Å²) < 4.78 is 63.2. The van der Waals surface area contributed by atoms with Crippen molar-refractivity contribution in [3.8, 4) is 16.9 Å². The number of fused-ring (bicyclic) bond motifs is 10. The number of ether oxygens (including phenoxy) is 5. The molecule has 81 heavy (non-hydrogen) atoms. The van der Waals surface area contributed by atoms with Crippen molar-refractivity contribution in [2.45, 2.75) is 153 Å². The molecule has 3 amide bonds. The van der Waals surface area contributed by atoms with Gasteiger partial charge in [0.1, 0.15) is 36.4 Å². The summed E-state index contributed by atoms with van der Waals surface area (Å²) in [6.45, 7) is 7.87. The molecule has 4 N–H and O–H groups in total. The Morgan fingerprint density at radius 3 is 2.33 bits per heavy atom. The lowest BCUT2D eigenvalue weighted by atomic mass is 9.46. The third-order valence-corrected chi connectivity index (χ3v) is 19.3. The number of esters is 1. The lowest BCUT2D eigenvalue weighted by Crippen LogP contribution is -2.63. The van der Waals surface area contributed by atoms with Crippen molar-refractivity contribution in [1.82, 2.24) is 16.0 Å². The maximum atomic E-state index is 16.3. The minimum Gasteiger partial charge on any atom is -0.566 e. The predicted molar refractivity (Wildman–Crippen MR) is 287 cm³/mol. The molecule has 0 radical (unpaired) electrons. The van der Waals surface area contributed by atoms with Crippen LogP contribution < -0.4 is 25.6 Å². The molecule has 1 unspecified atom stereocenters. The fourth-order valence-corrected chi connectivity index (χ4v) is 15.8. The number of halogens is 1. The number of amides is 3. The number of aliphatic hydroxyl groups excluding tert-OH is 1. The maximum Gasteiger partial charge on any atom is 0.488 e. The number of rotatable bonds is 17. The van der Waals surface area contributed by atoms with Crippen molar-refractivity contribution in [1.29, 1.82) is 0 Å². The van der Waals surface area contributed by atoms with Gasteiger partial charge in [-0.15, -0.1) is 4.52 Å². The summed E-state index contributed by atoms with van der Waals surface area (Å²) in [5, 5.41) is 20.2. The minimum atomic E-state index is -3.39. The number of Topliss-reactive ketones (excluding diaryl/α,β-unsaturated/α-hetero) is 1. The molecule has 0 aromatic heterocycles. The number of nitrogens with one attached hydrogen (secondary N) is 3. The van der Waals surface area contributed by atoms with Gasteiger partial charge in [0.2, 0.25) is 11.8 Å². The number of alkyl carbamates (subject to hydrolysis) is 1. The molecule has 11 rings (SSSR count). The SMILES string of the molecule is CC(C)(C)OC(=O)CC[C@H](NC(=O)CNC(=O)OCC1c2ccccc2-c2ccccc21)C(=O)NC1CC2(C1)CC(Oc1ccc([C@@H]3O[C@@H]4C[C@H]5[C@@H]6CCC7=CC(=O)C=C[C@]7(C)[C@H]6[C@@H](O)C[C@]5(C)[C@]4(C(=O)CO[P+](=O)[O-])O3)c(F)c1)C2. The summed E-state index contributed by atoms with van der Waals surface area (Å²) in [7, 11) is -3.39. The molecular formula is C61H69FN3O15P. The van der Waals surface area contributed by atoms with Gasteiger partial charge >= 0.3 is 20.3 Å². The molecule has 0 bridgehead atoms. The highest BCUT2D eigenvalue weighted by Crippen LogP contribution is 2.71. The third-order valence-electron chi connectivity index (χ3n) is 19.0. The number of aliphatic hydroxyl groups is 1. The van der Waals surface area contributed by atoms with Gasteiger partial charge in [-0.3, -0.25) is 24.0 Å². The summed E-state index contributed by atoms with van der Waals surface area (Å²) in [6, 6.07) is 18.8. The van der Waals surface area contributed by atoms with Crippen LogP contribution in [0, 0.1) is 39.8 Å². The molecule has 3 aromatic carbocycles. The van der Waals surface area contributed by atoms with Crippen LogP contribution in [0.3, 0.4) is 0 Å². The van der Waals surface area contributed by atoms with Crippen LogP contribution in [0.5, 0.6) is 5.75 Å². The van der Waals surface area contributed by atoms with E-state index in [1.54, 1.807) is 39.0 Å². The van der Waals surface area contributed by atoms with E-state index in [1.807, 2.05) is 68.5 Å². The zero-order valence-electron chi connectivity index (χ0n) is 46.0. The molecule has 7 aliphatic carbocycles. The van der Waals surface area contributed by atoms with Crippen molar-refractivity contribution in [2.24, 2.45) is 34.0 Å². The standard InChI is InChI=1S/C61H69FN3O15P/c1-57(2,3)79-52(70)19-18-47(65-51(69)30-63-56(72)75-31-44-40-12-8-6-10-38(40)39-11-7-9-13-41(39)44)54(71)64-34-25-60(26-34)27-37(28-60)77-36-15-17-43(46(62)23-36)55-78-50-24-45-42-16-14-33-22-35(66)20-21-58(33,4)53(42)48(67)29-59(45,5)61(50,80-55)49(68)32-76-81(73)74/h6-13,15,17,20-23,34,37,42,44-45,47-48,50,53,55,67H,14,16,18-19,24-32H2,1-5H3,(H,63,72)(H,64,71)(H,65,69)/t34?,37?,42-,45-,47-,48-,50+,53+,55+,58-,59-,60?,61+/m0/s1. The molecule has 1 aliphatic heterocycles. The monoisotopic (exact) mass is 1130 g/mol. The molecule has 6 fully saturated rings. The lowest BCUT2D eigenvalue weighted by molar-refractivity contribution is -0.204. The van der Waals surface area contributed by atoms with Crippen molar-refractivity contribution in [3.05, 3.63) is 113 Å². The molecule has 1 spiro atoms. The Hall–Kier alpha value is -6.21. The van der Waals surface area contributed by atoms with Crippen molar-refractivity contribution in [2.75, 3.05) is 19.8 Å². The highest BCUT2D eigenvalue weighted by molar-refractivity contribution is 7.30. The highest BCUT2D eigenvalue weighted by Gasteiger charge is 2.76. The second kappa shape index (κ2) is 21.5. The van der Waals surface area contributed by atoms with Gasteiger partial charge < -0.3 is 49.6 Å². The molecular weight excluding hydrogens is 1060 g/mol. The van der Waals surface area contributed by atoms with Crippen LogP contribution in [0.25, 0.3) is 11.1 Å². The van der Waals surface area contributed by atoms with Gasteiger partial charge in [0, 0.05) is 46.8 Å². The summed E-state index contributed by atoms with van der Waals surface area (Å²) in [4.78, 5) is 91.0. The number of carbonyl (C=O) groups excluding carboxylic acids is 6. The van der Waals surface area contributed by atoms with E-state index in [2.05, 4.69) is 16.0 Å². The molecule has 1 saturated heterocycles. The summed E-state index contributed by atoms with van der Waals surface area (Å²) in [5.41, 5.74) is 0.913. The number of ketones is 2. The number of carbonyl (C=O) groups is 6. The average molecular weight is 1130 g/mol. The van der Waals surface area contributed by atoms with E-state index in [0.29, 0.717) is 44.9 Å². The quantitative estimate of drug-likeness (QED) is 0.0758.